The molecule has 10 heteroatoms. The van der Waals surface area contributed by atoms with Crippen molar-refractivity contribution in [3.8, 4) is 5.75 Å². The Labute approximate surface area is 189 Å². The number of benzene rings is 2. The van der Waals surface area contributed by atoms with Crippen LogP contribution in [0.15, 0.2) is 64.9 Å². The third-order valence-electron chi connectivity index (χ3n) is 4.11. The quantitative estimate of drug-likeness (QED) is 0.173. The maximum absolute atomic E-state index is 12.0. The molecule has 3 aromatic rings. The van der Waals surface area contributed by atoms with E-state index < -0.39 is 4.92 Å². The van der Waals surface area contributed by atoms with Gasteiger partial charge >= 0.3 is 5.69 Å². The van der Waals surface area contributed by atoms with Crippen molar-refractivity contribution in [3.63, 3.8) is 0 Å². The number of aryl methyl sites for hydroxylation is 2. The van der Waals surface area contributed by atoms with E-state index in [9.17, 15) is 14.9 Å². The lowest BCUT2D eigenvalue weighted by Crippen LogP contribution is -2.19. The molecule has 0 atom stereocenters. The second-order valence-corrected chi connectivity index (χ2v) is 7.72. The van der Waals surface area contributed by atoms with Crippen molar-refractivity contribution in [1.29, 1.82) is 0 Å². The molecule has 2 aromatic carbocycles. The van der Waals surface area contributed by atoms with Crippen LogP contribution in [0.5, 0.6) is 5.75 Å². The predicted molar refractivity (Wildman–Crippen MR) is 122 cm³/mol. The fourth-order valence-electron chi connectivity index (χ4n) is 2.71. The molecule has 1 heterocycles. The van der Waals surface area contributed by atoms with Crippen LogP contribution in [0.1, 0.15) is 22.5 Å². The molecule has 9 nitrogen and oxygen atoms in total. The number of amides is 1. The first-order chi connectivity index (χ1) is 15.4. The van der Waals surface area contributed by atoms with Crippen LogP contribution in [0.25, 0.3) is 0 Å². The summed E-state index contributed by atoms with van der Waals surface area (Å²) in [4.78, 5) is 31.4. The zero-order valence-corrected chi connectivity index (χ0v) is 18.3. The molecule has 0 fully saturated rings. The normalized spacial score (nSPS) is 10.8. The van der Waals surface area contributed by atoms with Crippen molar-refractivity contribution in [3.05, 3.63) is 87.2 Å². The lowest BCUT2D eigenvalue weighted by Gasteiger charge is -2.07. The van der Waals surface area contributed by atoms with Gasteiger partial charge < -0.3 is 4.74 Å². The average Bonchev–Trinajstić information content (AvgIpc) is 2.76. The molecule has 1 N–H and O–H groups in total. The first-order valence-corrected chi connectivity index (χ1v) is 10.6. The summed E-state index contributed by atoms with van der Waals surface area (Å²) < 4.78 is 5.60. The summed E-state index contributed by atoms with van der Waals surface area (Å²) in [6.45, 7) is 3.94. The Balaban J connectivity index is 1.57. The van der Waals surface area contributed by atoms with E-state index >= 15 is 0 Å². The topological polar surface area (TPSA) is 120 Å². The minimum absolute atomic E-state index is 0.0899. The van der Waals surface area contributed by atoms with E-state index in [0.29, 0.717) is 10.7 Å². The standard InChI is InChI=1S/C22H21N5O4S/c1-15-10-16(2)25-22(24-15)32-14-21(28)26-23-12-18-8-9-20(19(11-18)27(29)30)31-13-17-6-4-3-5-7-17/h3-12H,13-14H2,1-2H3,(H,26,28)/b23-12-. The Morgan fingerprint density at radius 2 is 1.88 bits per heavy atom. The van der Waals surface area contributed by atoms with E-state index in [1.54, 1.807) is 6.07 Å². The summed E-state index contributed by atoms with van der Waals surface area (Å²) in [5, 5.41) is 15.8. The third kappa shape index (κ3) is 6.88. The molecule has 0 aliphatic rings. The summed E-state index contributed by atoms with van der Waals surface area (Å²) in [5.74, 6) is -0.0941. The lowest BCUT2D eigenvalue weighted by atomic mass is 10.2. The van der Waals surface area contributed by atoms with Crippen LogP contribution in [0.3, 0.4) is 0 Å². The van der Waals surface area contributed by atoms with E-state index in [-0.39, 0.29) is 29.7 Å². The van der Waals surface area contributed by atoms with Crippen LogP contribution in [-0.4, -0.2) is 32.8 Å². The number of carbonyl (C=O) groups excluding carboxylic acids is 1. The first kappa shape index (κ1) is 22.9. The molecule has 3 rings (SSSR count). The van der Waals surface area contributed by atoms with Gasteiger partial charge in [0.1, 0.15) is 6.61 Å². The number of hydrazone groups is 1. The van der Waals surface area contributed by atoms with Crippen LogP contribution < -0.4 is 10.2 Å². The van der Waals surface area contributed by atoms with Crippen LogP contribution in [-0.2, 0) is 11.4 Å². The number of aromatic nitrogens is 2. The molecular formula is C22H21N5O4S. The highest BCUT2D eigenvalue weighted by atomic mass is 32.2. The van der Waals surface area contributed by atoms with Gasteiger partial charge in [0.2, 0.25) is 0 Å². The van der Waals surface area contributed by atoms with Crippen LogP contribution in [0.2, 0.25) is 0 Å². The zero-order valence-electron chi connectivity index (χ0n) is 17.5. The van der Waals surface area contributed by atoms with E-state index in [2.05, 4.69) is 20.5 Å². The number of ether oxygens (including phenoxy) is 1. The number of hydrogen-bond donors (Lipinski definition) is 1. The number of nitro groups is 1. The summed E-state index contributed by atoms with van der Waals surface area (Å²) in [6.07, 6.45) is 1.34. The maximum atomic E-state index is 12.0. The Hall–Kier alpha value is -3.79. The molecule has 1 amide bonds. The molecule has 0 spiro atoms. The lowest BCUT2D eigenvalue weighted by molar-refractivity contribution is -0.385. The van der Waals surface area contributed by atoms with Gasteiger partial charge in [-0.05, 0) is 37.6 Å². The van der Waals surface area contributed by atoms with Crippen LogP contribution >= 0.6 is 11.8 Å². The molecule has 1 aromatic heterocycles. The van der Waals surface area contributed by atoms with Crippen molar-refractivity contribution < 1.29 is 14.5 Å². The minimum atomic E-state index is -0.517. The summed E-state index contributed by atoms with van der Waals surface area (Å²) in [5.41, 5.74) is 5.23. The van der Waals surface area contributed by atoms with Gasteiger partial charge in [0.15, 0.2) is 10.9 Å². The van der Waals surface area contributed by atoms with E-state index in [0.717, 1.165) is 17.0 Å². The molecule has 0 bridgehead atoms. The molecule has 0 saturated carbocycles. The molecule has 0 aliphatic heterocycles. The second-order valence-electron chi connectivity index (χ2n) is 6.77. The zero-order chi connectivity index (χ0) is 22.9. The molecule has 32 heavy (non-hydrogen) atoms. The highest BCUT2D eigenvalue weighted by Crippen LogP contribution is 2.28. The van der Waals surface area contributed by atoms with Gasteiger partial charge in [0, 0.05) is 23.0 Å². The van der Waals surface area contributed by atoms with Crippen molar-refractivity contribution in [2.45, 2.75) is 25.6 Å². The Morgan fingerprint density at radius 1 is 1.16 bits per heavy atom. The molecule has 0 radical (unpaired) electrons. The van der Waals surface area contributed by atoms with Gasteiger partial charge in [0.05, 0.1) is 16.9 Å². The van der Waals surface area contributed by atoms with Crippen molar-refractivity contribution in [2.24, 2.45) is 5.10 Å². The molecular weight excluding hydrogens is 430 g/mol. The van der Waals surface area contributed by atoms with Crippen molar-refractivity contribution in [1.82, 2.24) is 15.4 Å². The first-order valence-electron chi connectivity index (χ1n) is 9.63. The largest absolute Gasteiger partial charge is 0.482 e. The number of hydrogen-bond acceptors (Lipinski definition) is 8. The smallest absolute Gasteiger partial charge is 0.311 e. The van der Waals surface area contributed by atoms with Gasteiger partial charge in [-0.3, -0.25) is 14.9 Å². The third-order valence-corrected chi connectivity index (χ3v) is 4.96. The van der Waals surface area contributed by atoms with Crippen molar-refractivity contribution >= 4 is 29.6 Å². The van der Waals surface area contributed by atoms with Gasteiger partial charge in [-0.2, -0.15) is 5.10 Å². The Morgan fingerprint density at radius 3 is 2.56 bits per heavy atom. The number of nitro benzene ring substituents is 1. The number of rotatable bonds is 9. The fraction of sp³-hybridized carbons (Fsp3) is 0.182. The van der Waals surface area contributed by atoms with E-state index in [4.69, 9.17) is 4.74 Å². The van der Waals surface area contributed by atoms with Gasteiger partial charge in [-0.1, -0.05) is 42.1 Å². The maximum Gasteiger partial charge on any atom is 0.311 e. The number of nitrogens with one attached hydrogen (secondary N) is 1. The number of carbonyl (C=O) groups is 1. The van der Waals surface area contributed by atoms with Crippen LogP contribution in [0.4, 0.5) is 5.69 Å². The summed E-state index contributed by atoms with van der Waals surface area (Å²) >= 11 is 1.20. The molecule has 0 saturated heterocycles. The Kier molecular flexibility index (Phi) is 7.87. The number of nitrogens with zero attached hydrogens (tertiary/aromatic N) is 4. The highest BCUT2D eigenvalue weighted by molar-refractivity contribution is 7.99. The summed E-state index contributed by atoms with van der Waals surface area (Å²) in [7, 11) is 0. The van der Waals surface area contributed by atoms with E-state index in [1.165, 1.54) is 30.1 Å². The molecule has 0 unspecified atom stereocenters. The highest BCUT2D eigenvalue weighted by Gasteiger charge is 2.16. The second kappa shape index (κ2) is 11.0. The molecule has 0 aliphatic carbocycles. The molecule has 164 valence electrons. The summed E-state index contributed by atoms with van der Waals surface area (Å²) in [6, 6.07) is 15.7. The van der Waals surface area contributed by atoms with Gasteiger partial charge in [-0.15, -0.1) is 0 Å². The minimum Gasteiger partial charge on any atom is -0.482 e. The Bertz CT molecular complexity index is 1120. The monoisotopic (exact) mass is 451 g/mol. The average molecular weight is 452 g/mol. The fourth-order valence-corrected chi connectivity index (χ4v) is 3.46. The van der Waals surface area contributed by atoms with E-state index in [1.807, 2.05) is 50.2 Å². The van der Waals surface area contributed by atoms with Gasteiger partial charge in [0.25, 0.3) is 5.91 Å². The SMILES string of the molecule is Cc1cc(C)nc(SCC(=O)N/N=C\c2ccc(OCc3ccccc3)c([N+](=O)[O-])c2)n1. The number of thioether (sulfide) groups is 1. The van der Waals surface area contributed by atoms with Crippen molar-refractivity contribution in [2.75, 3.05) is 5.75 Å². The predicted octanol–water partition coefficient (Wildman–Crippen LogP) is 3.82. The van der Waals surface area contributed by atoms with Gasteiger partial charge in [-0.25, -0.2) is 15.4 Å². The van der Waals surface area contributed by atoms with Crippen LogP contribution in [0, 0.1) is 24.0 Å².